The summed E-state index contributed by atoms with van der Waals surface area (Å²) in [5, 5.41) is 1.59. The summed E-state index contributed by atoms with van der Waals surface area (Å²) < 4.78 is 11.5. The van der Waals surface area contributed by atoms with E-state index in [-0.39, 0.29) is 5.43 Å². The Kier molecular flexibility index (Phi) is 5.12. The average Bonchev–Trinajstić information content (AvgIpc) is 2.71. The lowest BCUT2D eigenvalue weighted by Crippen LogP contribution is -2.12. The Morgan fingerprint density at radius 2 is 1.64 bits per heavy atom. The molecule has 0 saturated heterocycles. The van der Waals surface area contributed by atoms with Gasteiger partial charge < -0.3 is 9.15 Å². The molecular formula is C23H16Cl2O3. The molecule has 5 heteroatoms. The Bertz CT molecular complexity index is 1230. The molecule has 0 N–H and O–H groups in total. The molecule has 140 valence electrons. The molecule has 0 aliphatic rings. The highest BCUT2D eigenvalue weighted by Gasteiger charge is 2.19. The molecule has 3 nitrogen and oxygen atoms in total. The first-order valence-corrected chi connectivity index (χ1v) is 9.46. The predicted molar refractivity (Wildman–Crippen MR) is 114 cm³/mol. The number of rotatable bonds is 4. The fourth-order valence-electron chi connectivity index (χ4n) is 3.19. The number of fused-ring (bicyclic) bond motifs is 1. The van der Waals surface area contributed by atoms with E-state index in [2.05, 4.69) is 0 Å². The highest BCUT2D eigenvalue weighted by molar-refractivity contribution is 6.33. The molecule has 0 aliphatic heterocycles. The second-order valence-corrected chi connectivity index (χ2v) is 7.16. The van der Waals surface area contributed by atoms with Crippen LogP contribution in [0, 0.1) is 0 Å². The van der Waals surface area contributed by atoms with Crippen LogP contribution in [0.5, 0.6) is 5.75 Å². The van der Waals surface area contributed by atoms with Gasteiger partial charge in [-0.05, 0) is 35.9 Å². The lowest BCUT2D eigenvalue weighted by Gasteiger charge is -2.13. The van der Waals surface area contributed by atoms with E-state index in [9.17, 15) is 4.79 Å². The van der Waals surface area contributed by atoms with E-state index in [4.69, 9.17) is 32.4 Å². The van der Waals surface area contributed by atoms with E-state index in [1.807, 2.05) is 36.4 Å². The maximum Gasteiger partial charge on any atom is 0.196 e. The van der Waals surface area contributed by atoms with Gasteiger partial charge in [-0.15, -0.1) is 0 Å². The maximum atomic E-state index is 13.4. The molecule has 0 spiro atoms. The van der Waals surface area contributed by atoms with Crippen LogP contribution in [-0.2, 0) is 6.42 Å². The second kappa shape index (κ2) is 7.70. The van der Waals surface area contributed by atoms with Crippen LogP contribution in [-0.4, -0.2) is 7.11 Å². The van der Waals surface area contributed by atoms with Gasteiger partial charge in [-0.25, -0.2) is 0 Å². The van der Waals surface area contributed by atoms with E-state index in [1.54, 1.807) is 37.4 Å². The van der Waals surface area contributed by atoms with Gasteiger partial charge in [0.25, 0.3) is 0 Å². The third-order valence-corrected chi connectivity index (χ3v) is 5.34. The first kappa shape index (κ1) is 18.6. The zero-order valence-corrected chi connectivity index (χ0v) is 16.6. The fourth-order valence-corrected chi connectivity index (χ4v) is 3.62. The molecule has 4 aromatic rings. The minimum Gasteiger partial charge on any atom is -0.497 e. The molecule has 0 saturated carbocycles. The van der Waals surface area contributed by atoms with Crippen LogP contribution in [0.15, 0.2) is 75.9 Å². The highest BCUT2D eigenvalue weighted by atomic mass is 35.5. The molecule has 0 radical (unpaired) electrons. The van der Waals surface area contributed by atoms with Crippen molar-refractivity contribution in [3.8, 4) is 17.1 Å². The summed E-state index contributed by atoms with van der Waals surface area (Å²) in [4.78, 5) is 13.4. The Hall–Kier alpha value is -2.75. The highest BCUT2D eigenvalue weighted by Crippen LogP contribution is 2.34. The van der Waals surface area contributed by atoms with Crippen LogP contribution < -0.4 is 10.2 Å². The summed E-state index contributed by atoms with van der Waals surface area (Å²) in [6.07, 6.45) is 0.338. The number of methoxy groups -OCH3 is 1. The molecule has 1 heterocycles. The van der Waals surface area contributed by atoms with Gasteiger partial charge in [0, 0.05) is 28.6 Å². The number of hydrogen-bond donors (Lipinski definition) is 0. The van der Waals surface area contributed by atoms with Crippen molar-refractivity contribution in [3.05, 3.63) is 98.1 Å². The summed E-state index contributed by atoms with van der Waals surface area (Å²) in [6.45, 7) is 0. The van der Waals surface area contributed by atoms with E-state index in [0.717, 1.165) is 5.56 Å². The van der Waals surface area contributed by atoms with Crippen molar-refractivity contribution in [2.75, 3.05) is 7.11 Å². The lowest BCUT2D eigenvalue weighted by atomic mass is 9.98. The Morgan fingerprint density at radius 1 is 0.929 bits per heavy atom. The molecule has 1 aromatic heterocycles. The monoisotopic (exact) mass is 410 g/mol. The summed E-state index contributed by atoms with van der Waals surface area (Å²) >= 11 is 12.8. The van der Waals surface area contributed by atoms with Crippen molar-refractivity contribution >= 4 is 34.2 Å². The zero-order chi connectivity index (χ0) is 19.7. The van der Waals surface area contributed by atoms with Gasteiger partial charge in [0.05, 0.1) is 17.5 Å². The standard InChI is InChI=1S/C23H16Cl2O3/c1-27-15-10-11-17-21(13-15)28-23(16-7-3-5-9-20(16)25)18(22(17)26)12-14-6-2-4-8-19(14)24/h2-11,13H,12H2,1H3. The van der Waals surface area contributed by atoms with Gasteiger partial charge in [-0.3, -0.25) is 4.79 Å². The van der Waals surface area contributed by atoms with Gasteiger partial charge in [0.1, 0.15) is 17.1 Å². The fraction of sp³-hybridized carbons (Fsp3) is 0.0870. The second-order valence-electron chi connectivity index (χ2n) is 6.35. The molecule has 0 fully saturated rings. The molecule has 28 heavy (non-hydrogen) atoms. The smallest absolute Gasteiger partial charge is 0.196 e. The molecule has 0 unspecified atom stereocenters. The van der Waals surface area contributed by atoms with Crippen LogP contribution in [0.3, 0.4) is 0 Å². The van der Waals surface area contributed by atoms with Crippen molar-refractivity contribution in [3.63, 3.8) is 0 Å². The molecule has 3 aromatic carbocycles. The minimum absolute atomic E-state index is 0.112. The van der Waals surface area contributed by atoms with Crippen LogP contribution in [0.1, 0.15) is 11.1 Å². The minimum atomic E-state index is -0.112. The van der Waals surface area contributed by atoms with E-state index in [0.29, 0.717) is 50.1 Å². The van der Waals surface area contributed by atoms with Crippen molar-refractivity contribution in [2.24, 2.45) is 0 Å². The van der Waals surface area contributed by atoms with E-state index in [1.165, 1.54) is 0 Å². The van der Waals surface area contributed by atoms with Crippen LogP contribution in [0.25, 0.3) is 22.3 Å². The van der Waals surface area contributed by atoms with Crippen molar-refractivity contribution < 1.29 is 9.15 Å². The van der Waals surface area contributed by atoms with Crippen LogP contribution >= 0.6 is 23.2 Å². The van der Waals surface area contributed by atoms with Crippen LogP contribution in [0.4, 0.5) is 0 Å². The average molecular weight is 411 g/mol. The van der Waals surface area contributed by atoms with Gasteiger partial charge in [-0.1, -0.05) is 53.5 Å². The van der Waals surface area contributed by atoms with Crippen molar-refractivity contribution in [1.29, 1.82) is 0 Å². The van der Waals surface area contributed by atoms with E-state index >= 15 is 0 Å². The summed E-state index contributed by atoms with van der Waals surface area (Å²) in [5.74, 6) is 1.05. The SMILES string of the molecule is COc1ccc2c(=O)c(Cc3ccccc3Cl)c(-c3ccccc3Cl)oc2c1. The Labute approximate surface area is 172 Å². The molecule has 4 rings (SSSR count). The Balaban J connectivity index is 2.02. The van der Waals surface area contributed by atoms with Gasteiger partial charge in [0.15, 0.2) is 5.43 Å². The Morgan fingerprint density at radius 3 is 2.36 bits per heavy atom. The van der Waals surface area contributed by atoms with Crippen LogP contribution in [0.2, 0.25) is 10.0 Å². The third kappa shape index (κ3) is 3.39. The van der Waals surface area contributed by atoms with Crippen molar-refractivity contribution in [2.45, 2.75) is 6.42 Å². The maximum absolute atomic E-state index is 13.4. The normalized spacial score (nSPS) is 11.0. The van der Waals surface area contributed by atoms with Crippen molar-refractivity contribution in [1.82, 2.24) is 0 Å². The van der Waals surface area contributed by atoms with E-state index < -0.39 is 0 Å². The molecular weight excluding hydrogens is 395 g/mol. The molecule has 0 atom stereocenters. The summed E-state index contributed by atoms with van der Waals surface area (Å²) in [7, 11) is 1.57. The summed E-state index contributed by atoms with van der Waals surface area (Å²) in [5.41, 5.74) is 2.35. The molecule has 0 amide bonds. The number of halogens is 2. The van der Waals surface area contributed by atoms with Gasteiger partial charge in [0.2, 0.25) is 0 Å². The lowest BCUT2D eigenvalue weighted by molar-refractivity contribution is 0.414. The number of ether oxygens (including phenoxy) is 1. The first-order valence-electron chi connectivity index (χ1n) is 8.70. The zero-order valence-electron chi connectivity index (χ0n) is 15.0. The molecule has 0 bridgehead atoms. The summed E-state index contributed by atoms with van der Waals surface area (Å²) in [6, 6.07) is 19.9. The first-order chi connectivity index (χ1) is 13.6. The molecule has 0 aliphatic carbocycles. The quantitative estimate of drug-likeness (QED) is 0.392. The number of hydrogen-bond acceptors (Lipinski definition) is 3. The largest absolute Gasteiger partial charge is 0.497 e. The van der Waals surface area contributed by atoms with Gasteiger partial charge >= 0.3 is 0 Å². The number of benzene rings is 3. The van der Waals surface area contributed by atoms with Gasteiger partial charge in [-0.2, -0.15) is 0 Å². The predicted octanol–water partition coefficient (Wildman–Crippen LogP) is 6.37. The topological polar surface area (TPSA) is 39.4 Å². The third-order valence-electron chi connectivity index (χ3n) is 4.64.